The highest BCUT2D eigenvalue weighted by atomic mass is 14.1. The van der Waals surface area contributed by atoms with Crippen LogP contribution in [-0.2, 0) is 12.8 Å². The molecule has 11 heavy (non-hydrogen) atoms. The Hall–Kier alpha value is -0.780. The molecule has 0 saturated carbocycles. The highest BCUT2D eigenvalue weighted by Crippen LogP contribution is 2.18. The van der Waals surface area contributed by atoms with Crippen LogP contribution in [0.25, 0.3) is 0 Å². The van der Waals surface area contributed by atoms with Crippen molar-refractivity contribution in [2.24, 2.45) is 0 Å². The molecule has 0 heterocycles. The normalized spacial score (nSPS) is 17.1. The zero-order chi connectivity index (χ0) is 7.52. The van der Waals surface area contributed by atoms with E-state index >= 15 is 0 Å². The first-order chi connectivity index (χ1) is 5.47. The fourth-order valence-electron chi connectivity index (χ4n) is 1.60. The van der Waals surface area contributed by atoms with Crippen molar-refractivity contribution in [3.8, 4) is 0 Å². The van der Waals surface area contributed by atoms with Crippen LogP contribution in [0.3, 0.4) is 0 Å². The first-order valence-electron chi connectivity index (χ1n) is 4.24. The van der Waals surface area contributed by atoms with E-state index in [2.05, 4.69) is 30.7 Å². The Morgan fingerprint density at radius 3 is 2.82 bits per heavy atom. The quantitative estimate of drug-likeness (QED) is 0.491. The monoisotopic (exact) mass is 144 g/mol. The molecule has 2 rings (SSSR count). The summed E-state index contributed by atoms with van der Waals surface area (Å²) in [4.78, 5) is 0. The van der Waals surface area contributed by atoms with Crippen molar-refractivity contribution in [1.82, 2.24) is 0 Å². The van der Waals surface area contributed by atoms with E-state index in [1.54, 1.807) is 0 Å². The topological polar surface area (TPSA) is 0 Å². The third-order valence-corrected chi connectivity index (χ3v) is 2.23. The first-order valence-corrected chi connectivity index (χ1v) is 4.24. The molecule has 0 spiro atoms. The molecule has 0 fully saturated rings. The fraction of sp³-hybridized carbons (Fsp3) is 0.364. The summed E-state index contributed by atoms with van der Waals surface area (Å²) in [5, 5.41) is 0. The molecule has 1 aromatic rings. The first kappa shape index (κ1) is 6.90. The van der Waals surface area contributed by atoms with Gasteiger partial charge >= 0.3 is 0 Å². The Balaban J connectivity index is 2.33. The molecule has 0 bridgehead atoms. The van der Waals surface area contributed by atoms with Gasteiger partial charge in [-0.1, -0.05) is 24.3 Å². The number of aryl methyl sites for hydroxylation is 1. The third kappa shape index (κ3) is 1.45. The third-order valence-electron chi connectivity index (χ3n) is 2.23. The van der Waals surface area contributed by atoms with E-state index in [1.165, 1.54) is 24.0 Å². The molecule has 0 aromatic heterocycles. The van der Waals surface area contributed by atoms with Gasteiger partial charge in [-0.05, 0) is 43.2 Å². The summed E-state index contributed by atoms with van der Waals surface area (Å²) in [6, 6.07) is 8.70. The number of hydrogen-bond acceptors (Lipinski definition) is 0. The van der Waals surface area contributed by atoms with Crippen molar-refractivity contribution in [2.45, 2.75) is 25.7 Å². The van der Waals surface area contributed by atoms with Crippen LogP contribution in [0, 0.1) is 6.42 Å². The van der Waals surface area contributed by atoms with Crippen LogP contribution in [0.5, 0.6) is 0 Å². The van der Waals surface area contributed by atoms with E-state index in [-0.39, 0.29) is 0 Å². The summed E-state index contributed by atoms with van der Waals surface area (Å²) in [7, 11) is 0. The van der Waals surface area contributed by atoms with Crippen LogP contribution in [0.1, 0.15) is 24.0 Å². The van der Waals surface area contributed by atoms with E-state index in [4.69, 9.17) is 0 Å². The standard InChI is InChI=1S/C11H12/c1-2-6-10-8-4-5-9-11(10)7-3-1/h4-5,8-9H,1-2,6-7H2. The Bertz CT molecular complexity index is 213. The summed E-state index contributed by atoms with van der Waals surface area (Å²) in [6.45, 7) is 0. The van der Waals surface area contributed by atoms with Crippen LogP contribution in [0.15, 0.2) is 24.3 Å². The van der Waals surface area contributed by atoms with Crippen molar-refractivity contribution in [2.75, 3.05) is 0 Å². The lowest BCUT2D eigenvalue weighted by atomic mass is 10.0. The van der Waals surface area contributed by atoms with E-state index in [1.807, 2.05) is 0 Å². The molecule has 0 aliphatic heterocycles. The molecule has 2 radical (unpaired) electrons. The average molecular weight is 144 g/mol. The lowest BCUT2D eigenvalue weighted by Crippen LogP contribution is -1.88. The number of rotatable bonds is 0. The molecular weight excluding hydrogens is 132 g/mol. The number of fused-ring (bicyclic) bond motifs is 1. The van der Waals surface area contributed by atoms with Gasteiger partial charge in [0.05, 0.1) is 0 Å². The van der Waals surface area contributed by atoms with Crippen molar-refractivity contribution in [3.05, 3.63) is 41.8 Å². The van der Waals surface area contributed by atoms with Crippen LogP contribution in [0.4, 0.5) is 0 Å². The van der Waals surface area contributed by atoms with Gasteiger partial charge in [0.15, 0.2) is 0 Å². The van der Waals surface area contributed by atoms with Gasteiger partial charge in [-0.2, -0.15) is 0 Å². The van der Waals surface area contributed by atoms with Gasteiger partial charge in [-0.3, -0.25) is 0 Å². The summed E-state index contributed by atoms with van der Waals surface area (Å²) < 4.78 is 0. The minimum atomic E-state index is 1.05. The molecule has 0 heteroatoms. The van der Waals surface area contributed by atoms with Gasteiger partial charge in [-0.25, -0.2) is 0 Å². The van der Waals surface area contributed by atoms with Crippen LogP contribution in [0.2, 0.25) is 0 Å². The summed E-state index contributed by atoms with van der Waals surface area (Å²) in [5.74, 6) is 0. The average Bonchev–Trinajstić information content (AvgIpc) is 2.28. The maximum Gasteiger partial charge on any atom is -0.0126 e. The second kappa shape index (κ2) is 3.08. The van der Waals surface area contributed by atoms with Gasteiger partial charge in [0.2, 0.25) is 0 Å². The Morgan fingerprint density at radius 2 is 1.91 bits per heavy atom. The van der Waals surface area contributed by atoms with Gasteiger partial charge in [-0.15, -0.1) is 0 Å². The van der Waals surface area contributed by atoms with Crippen LogP contribution < -0.4 is 0 Å². The second-order valence-corrected chi connectivity index (χ2v) is 3.05. The van der Waals surface area contributed by atoms with Crippen molar-refractivity contribution in [3.63, 3.8) is 0 Å². The highest BCUT2D eigenvalue weighted by molar-refractivity contribution is 5.29. The summed E-state index contributed by atoms with van der Waals surface area (Å²) >= 11 is 0. The van der Waals surface area contributed by atoms with E-state index in [0.29, 0.717) is 0 Å². The zero-order valence-corrected chi connectivity index (χ0v) is 6.64. The molecule has 0 atom stereocenters. The molecule has 0 N–H and O–H groups in total. The largest absolute Gasteiger partial charge is 0.0620 e. The minimum Gasteiger partial charge on any atom is -0.0620 e. The molecule has 1 aliphatic rings. The van der Waals surface area contributed by atoms with Gasteiger partial charge in [0.1, 0.15) is 0 Å². The lowest BCUT2D eigenvalue weighted by Gasteiger charge is -2.02. The van der Waals surface area contributed by atoms with E-state index in [9.17, 15) is 0 Å². The predicted octanol–water partition coefficient (Wildman–Crippen LogP) is 2.65. The van der Waals surface area contributed by atoms with Crippen molar-refractivity contribution < 1.29 is 0 Å². The number of benzene rings is 1. The molecular formula is C11H12. The number of hydrogen-bond donors (Lipinski definition) is 0. The lowest BCUT2D eigenvalue weighted by molar-refractivity contribution is 0.821. The van der Waals surface area contributed by atoms with Gasteiger partial charge in [0, 0.05) is 0 Å². The second-order valence-electron chi connectivity index (χ2n) is 3.05. The molecule has 1 aromatic carbocycles. The Labute approximate surface area is 68.3 Å². The van der Waals surface area contributed by atoms with Crippen molar-refractivity contribution in [1.29, 1.82) is 0 Å². The maximum absolute atomic E-state index is 3.40. The maximum atomic E-state index is 3.40. The summed E-state index contributed by atoms with van der Waals surface area (Å²) in [5.41, 5.74) is 3.00. The minimum absolute atomic E-state index is 1.05. The van der Waals surface area contributed by atoms with Crippen LogP contribution >= 0.6 is 0 Å². The van der Waals surface area contributed by atoms with Gasteiger partial charge < -0.3 is 0 Å². The predicted molar refractivity (Wildman–Crippen MR) is 46.3 cm³/mol. The molecule has 0 unspecified atom stereocenters. The molecule has 0 saturated heterocycles. The Morgan fingerprint density at radius 1 is 1.09 bits per heavy atom. The fourth-order valence-corrected chi connectivity index (χ4v) is 1.60. The summed E-state index contributed by atoms with van der Waals surface area (Å²) in [6.07, 6.45) is 8.13. The Kier molecular flexibility index (Phi) is 1.93. The smallest absolute Gasteiger partial charge is 0.0126 e. The van der Waals surface area contributed by atoms with Crippen molar-refractivity contribution >= 4 is 0 Å². The van der Waals surface area contributed by atoms with E-state index in [0.717, 1.165) is 12.8 Å². The SMILES string of the molecule is [C]1CCCc2ccccc2C1. The zero-order valence-electron chi connectivity index (χ0n) is 6.64. The molecule has 0 nitrogen and oxygen atoms in total. The molecule has 0 amide bonds. The molecule has 56 valence electrons. The van der Waals surface area contributed by atoms with E-state index < -0.39 is 0 Å². The van der Waals surface area contributed by atoms with Gasteiger partial charge in [0.25, 0.3) is 0 Å². The highest BCUT2D eigenvalue weighted by Gasteiger charge is 2.05. The van der Waals surface area contributed by atoms with Crippen LogP contribution in [-0.4, -0.2) is 0 Å². The molecule has 1 aliphatic carbocycles.